The van der Waals surface area contributed by atoms with Crippen LogP contribution in [0.15, 0.2) is 66.7 Å². The number of carboxylic acid groups (broad SMARTS) is 1. The molecule has 3 aromatic rings. The topological polar surface area (TPSA) is 279 Å². The third-order valence-corrected chi connectivity index (χ3v) is 8.18. The molecule has 1 aromatic heterocycles. The predicted octanol–water partition coefficient (Wildman–Crippen LogP) is 0.379. The van der Waals surface area contributed by atoms with Crippen LogP contribution in [0.2, 0.25) is 0 Å². The van der Waals surface area contributed by atoms with Crippen LogP contribution in [0.3, 0.4) is 0 Å². The number of carbonyl (C=O) groups excluding carboxylic acids is 7. The van der Waals surface area contributed by atoms with E-state index in [0.717, 1.165) is 5.39 Å². The second kappa shape index (κ2) is 21.2. The van der Waals surface area contributed by atoms with Crippen LogP contribution in [0, 0.1) is 0 Å². The molecule has 17 nitrogen and oxygen atoms in total. The summed E-state index contributed by atoms with van der Waals surface area (Å²) in [5.41, 5.74) is 12.3. The highest BCUT2D eigenvalue weighted by atomic mass is 16.6. The molecular weight excluding hydrogens is 702 g/mol. The van der Waals surface area contributed by atoms with Gasteiger partial charge >= 0.3 is 11.9 Å². The fourth-order valence-electron chi connectivity index (χ4n) is 5.17. The molecule has 0 fully saturated rings. The summed E-state index contributed by atoms with van der Waals surface area (Å²) in [4.78, 5) is 102. The van der Waals surface area contributed by atoms with E-state index in [9.17, 15) is 43.5 Å². The first kappa shape index (κ1) is 42.0. The van der Waals surface area contributed by atoms with Crippen molar-refractivity contribution in [1.29, 1.82) is 0 Å². The Morgan fingerprint density at radius 3 is 2.09 bits per heavy atom. The van der Waals surface area contributed by atoms with Gasteiger partial charge < -0.3 is 42.6 Å². The number of pyridine rings is 1. The average molecular weight is 748 g/mol. The van der Waals surface area contributed by atoms with Crippen LogP contribution in [0.4, 0.5) is 0 Å². The van der Waals surface area contributed by atoms with Crippen molar-refractivity contribution < 1.29 is 48.2 Å². The summed E-state index contributed by atoms with van der Waals surface area (Å²) in [5.74, 6) is -6.26. The molecule has 4 atom stereocenters. The van der Waals surface area contributed by atoms with Gasteiger partial charge in [-0.3, -0.25) is 33.6 Å². The SMILES string of the molecule is CC(NC(=O)c1ccc2ccccc2n1)C(=O)NC(CCC(=O)NC(CCCCNC(=O)CCC(=O)O[C@H](Cc1ccccc1)C(=O)O)C(N)=O)C(N)=O. The maximum absolute atomic E-state index is 12.8. The van der Waals surface area contributed by atoms with E-state index in [4.69, 9.17) is 16.2 Å². The lowest BCUT2D eigenvalue weighted by Gasteiger charge is -2.20. The van der Waals surface area contributed by atoms with Crippen molar-refractivity contribution in [2.24, 2.45) is 11.5 Å². The number of aliphatic carboxylic acids is 1. The van der Waals surface area contributed by atoms with Gasteiger partial charge in [-0.1, -0.05) is 54.6 Å². The molecule has 3 rings (SSSR count). The monoisotopic (exact) mass is 747 g/mol. The van der Waals surface area contributed by atoms with E-state index in [1.807, 2.05) is 12.1 Å². The van der Waals surface area contributed by atoms with Gasteiger partial charge in [-0.15, -0.1) is 0 Å². The number of fused-ring (bicyclic) bond motifs is 1. The zero-order valence-electron chi connectivity index (χ0n) is 29.7. The van der Waals surface area contributed by atoms with E-state index in [1.54, 1.807) is 48.5 Å². The number of esters is 1. The minimum Gasteiger partial charge on any atom is -0.478 e. The Balaban J connectivity index is 1.34. The summed E-state index contributed by atoms with van der Waals surface area (Å²) >= 11 is 0. The highest BCUT2D eigenvalue weighted by molar-refractivity contribution is 5.98. The molecule has 0 saturated carbocycles. The van der Waals surface area contributed by atoms with Gasteiger partial charge in [0, 0.05) is 31.2 Å². The van der Waals surface area contributed by atoms with E-state index in [0.29, 0.717) is 23.9 Å². The number of primary amides is 2. The van der Waals surface area contributed by atoms with Gasteiger partial charge in [0.25, 0.3) is 5.91 Å². The van der Waals surface area contributed by atoms with Gasteiger partial charge in [0.2, 0.25) is 35.6 Å². The Hall–Kier alpha value is -6.39. The Morgan fingerprint density at radius 1 is 0.741 bits per heavy atom. The molecule has 0 bridgehead atoms. The number of aromatic nitrogens is 1. The van der Waals surface area contributed by atoms with E-state index in [2.05, 4.69) is 26.3 Å². The molecule has 0 aliphatic rings. The predicted molar refractivity (Wildman–Crippen MR) is 194 cm³/mol. The van der Waals surface area contributed by atoms with Crippen molar-refractivity contribution >= 4 is 58.3 Å². The number of hydrogen-bond donors (Lipinski definition) is 7. The van der Waals surface area contributed by atoms with E-state index in [1.165, 1.54) is 13.0 Å². The number of hydrogen-bond acceptors (Lipinski definition) is 10. The van der Waals surface area contributed by atoms with Gasteiger partial charge in [0.15, 0.2) is 0 Å². The number of amides is 6. The lowest BCUT2D eigenvalue weighted by atomic mass is 10.1. The van der Waals surface area contributed by atoms with Gasteiger partial charge in [0.05, 0.1) is 11.9 Å². The van der Waals surface area contributed by atoms with Gasteiger partial charge in [0.1, 0.15) is 23.8 Å². The number of nitrogens with one attached hydrogen (secondary N) is 4. The molecule has 0 aliphatic heterocycles. The van der Waals surface area contributed by atoms with Gasteiger partial charge in [-0.25, -0.2) is 9.78 Å². The number of unbranched alkanes of at least 4 members (excludes halogenated alkanes) is 1. The lowest BCUT2D eigenvalue weighted by molar-refractivity contribution is -0.164. The van der Waals surface area contributed by atoms with Crippen molar-refractivity contribution in [3.63, 3.8) is 0 Å². The van der Waals surface area contributed by atoms with Crippen molar-refractivity contribution in [1.82, 2.24) is 26.3 Å². The van der Waals surface area contributed by atoms with Crippen LogP contribution < -0.4 is 32.7 Å². The molecule has 0 aliphatic carbocycles. The lowest BCUT2D eigenvalue weighted by Crippen LogP contribution is -2.52. The molecule has 0 saturated heterocycles. The van der Waals surface area contributed by atoms with Crippen molar-refractivity contribution in [2.75, 3.05) is 6.54 Å². The first-order chi connectivity index (χ1) is 25.7. The molecule has 9 N–H and O–H groups in total. The van der Waals surface area contributed by atoms with Crippen LogP contribution in [-0.2, 0) is 44.7 Å². The second-order valence-electron chi connectivity index (χ2n) is 12.5. The average Bonchev–Trinajstić information content (AvgIpc) is 3.14. The molecule has 2 aromatic carbocycles. The van der Waals surface area contributed by atoms with Crippen LogP contribution >= 0.6 is 0 Å². The number of ether oxygens (including phenoxy) is 1. The summed E-state index contributed by atoms with van der Waals surface area (Å²) < 4.78 is 5.04. The quantitative estimate of drug-likeness (QED) is 0.0545. The first-order valence-electron chi connectivity index (χ1n) is 17.3. The molecular formula is C37H45N7O10. The fraction of sp³-hybridized carbons (Fsp3) is 0.378. The Morgan fingerprint density at radius 2 is 1.41 bits per heavy atom. The zero-order chi connectivity index (χ0) is 39.6. The maximum atomic E-state index is 12.8. The highest BCUT2D eigenvalue weighted by Crippen LogP contribution is 2.12. The maximum Gasteiger partial charge on any atom is 0.345 e. The normalized spacial score (nSPS) is 13.0. The number of benzene rings is 2. The van der Waals surface area contributed by atoms with E-state index < -0.39 is 71.6 Å². The fourth-order valence-corrected chi connectivity index (χ4v) is 5.17. The molecule has 17 heteroatoms. The minimum absolute atomic E-state index is 0.0129. The van der Waals surface area contributed by atoms with Crippen LogP contribution in [0.1, 0.15) is 67.9 Å². The molecule has 1 heterocycles. The zero-order valence-corrected chi connectivity index (χ0v) is 29.7. The second-order valence-corrected chi connectivity index (χ2v) is 12.5. The van der Waals surface area contributed by atoms with E-state index >= 15 is 0 Å². The number of para-hydroxylation sites is 1. The summed E-state index contributed by atoms with van der Waals surface area (Å²) in [6.45, 7) is 1.60. The number of nitrogens with zero attached hydrogens (tertiary/aromatic N) is 1. The molecule has 0 radical (unpaired) electrons. The third kappa shape index (κ3) is 14.3. The minimum atomic E-state index is -1.39. The smallest absolute Gasteiger partial charge is 0.345 e. The molecule has 54 heavy (non-hydrogen) atoms. The van der Waals surface area contributed by atoms with Crippen LogP contribution in [0.25, 0.3) is 10.9 Å². The molecule has 6 amide bonds. The standard InChI is InChI=1S/C37H45N7O10/c1-22(41-36(51)28-15-14-24-11-5-6-12-25(24)42-28)35(50)44-27(34(39)49)16-17-31(46)43-26(33(38)48)13-7-8-20-40-30(45)18-19-32(47)54-29(37(52)53)21-23-9-3-2-4-10-23/h2-6,9-12,14-15,22,26-27,29H,7-8,13,16-21H2,1H3,(H2,38,48)(H2,39,49)(H,40,45)(H,41,51)(H,43,46)(H,44,50)(H,52,53)/t22?,26?,27?,29-/m1/s1. The molecule has 3 unspecified atom stereocenters. The largest absolute Gasteiger partial charge is 0.478 e. The Bertz CT molecular complexity index is 1820. The van der Waals surface area contributed by atoms with Crippen LogP contribution in [0.5, 0.6) is 0 Å². The number of carbonyl (C=O) groups is 8. The summed E-state index contributed by atoms with van der Waals surface area (Å²) in [6.07, 6.45) is -1.53. The number of nitrogens with two attached hydrogens (primary N) is 2. The van der Waals surface area contributed by atoms with Gasteiger partial charge in [-0.05, 0) is 50.3 Å². The Labute approximate surface area is 310 Å². The molecule has 288 valence electrons. The van der Waals surface area contributed by atoms with Crippen molar-refractivity contribution in [2.45, 2.75) is 82.5 Å². The van der Waals surface area contributed by atoms with Crippen molar-refractivity contribution in [3.8, 4) is 0 Å². The van der Waals surface area contributed by atoms with Gasteiger partial charge in [-0.2, -0.15) is 0 Å². The molecule has 0 spiro atoms. The third-order valence-electron chi connectivity index (χ3n) is 8.18. The first-order valence-corrected chi connectivity index (χ1v) is 17.3. The summed E-state index contributed by atoms with van der Waals surface area (Å²) in [7, 11) is 0. The van der Waals surface area contributed by atoms with E-state index in [-0.39, 0.29) is 50.8 Å². The number of rotatable bonds is 22. The van der Waals surface area contributed by atoms with Crippen LogP contribution in [-0.4, -0.2) is 88.2 Å². The number of carboxylic acids is 1. The summed E-state index contributed by atoms with van der Waals surface area (Å²) in [5, 5.41) is 20.3. The highest BCUT2D eigenvalue weighted by Gasteiger charge is 2.26. The Kier molecular flexibility index (Phi) is 16.5. The van der Waals surface area contributed by atoms with Crippen molar-refractivity contribution in [3.05, 3.63) is 78.0 Å². The summed E-state index contributed by atoms with van der Waals surface area (Å²) in [6, 6.07) is 15.7.